The molecular formula is C15H15ClN4O. The fraction of sp³-hybridized carbons (Fsp3) is 0.267. The number of anilines is 1. The minimum Gasteiger partial charge on any atom is -0.374 e. The molecular weight excluding hydrogens is 288 g/mol. The Labute approximate surface area is 127 Å². The molecule has 0 radical (unpaired) electrons. The zero-order valence-electron chi connectivity index (χ0n) is 11.6. The van der Waals surface area contributed by atoms with Gasteiger partial charge < -0.3 is 10.6 Å². The lowest BCUT2D eigenvalue weighted by atomic mass is 10.1. The van der Waals surface area contributed by atoms with E-state index >= 15 is 0 Å². The molecule has 0 spiro atoms. The van der Waals surface area contributed by atoms with Gasteiger partial charge in [-0.25, -0.2) is 0 Å². The van der Waals surface area contributed by atoms with Crippen LogP contribution in [0.3, 0.4) is 0 Å². The first-order chi connectivity index (χ1) is 10.2. The van der Waals surface area contributed by atoms with Crippen molar-refractivity contribution in [3.63, 3.8) is 0 Å². The van der Waals surface area contributed by atoms with Gasteiger partial charge in [-0.15, -0.1) is 0 Å². The largest absolute Gasteiger partial charge is 0.374 e. The van der Waals surface area contributed by atoms with Crippen molar-refractivity contribution < 1.29 is 4.79 Å². The molecule has 2 rings (SSSR count). The van der Waals surface area contributed by atoms with Gasteiger partial charge in [-0.05, 0) is 24.6 Å². The summed E-state index contributed by atoms with van der Waals surface area (Å²) >= 11 is 6.00. The standard InChI is InChI=1S/C15H15ClN4O/c1-2-5-18-14(21)9-20-15-10(7-17)8-19-13-4-3-11(16)6-12(13)15/h3-4,6,8H,2,5,9H2,1H3,(H,18,21)(H,19,20). The first-order valence-corrected chi connectivity index (χ1v) is 7.02. The highest BCUT2D eigenvalue weighted by Gasteiger charge is 2.10. The van der Waals surface area contributed by atoms with Gasteiger partial charge in [-0.1, -0.05) is 18.5 Å². The number of nitrogens with one attached hydrogen (secondary N) is 2. The second-order valence-corrected chi connectivity index (χ2v) is 4.96. The van der Waals surface area contributed by atoms with E-state index in [9.17, 15) is 10.1 Å². The molecule has 0 bridgehead atoms. The highest BCUT2D eigenvalue weighted by atomic mass is 35.5. The van der Waals surface area contributed by atoms with E-state index in [0.717, 1.165) is 17.3 Å². The smallest absolute Gasteiger partial charge is 0.239 e. The molecule has 0 aliphatic heterocycles. The lowest BCUT2D eigenvalue weighted by Gasteiger charge is -2.11. The summed E-state index contributed by atoms with van der Waals surface area (Å²) in [5.74, 6) is -0.118. The van der Waals surface area contributed by atoms with Crippen LogP contribution in [0.1, 0.15) is 18.9 Å². The van der Waals surface area contributed by atoms with Gasteiger partial charge in [-0.2, -0.15) is 5.26 Å². The number of amides is 1. The Morgan fingerprint density at radius 1 is 1.48 bits per heavy atom. The average Bonchev–Trinajstić information content (AvgIpc) is 2.50. The van der Waals surface area contributed by atoms with Gasteiger partial charge in [0.25, 0.3) is 0 Å². The Kier molecular flexibility index (Phi) is 4.96. The summed E-state index contributed by atoms with van der Waals surface area (Å²) in [7, 11) is 0. The zero-order chi connectivity index (χ0) is 15.2. The van der Waals surface area contributed by atoms with Crippen LogP contribution >= 0.6 is 11.6 Å². The third-order valence-corrected chi connectivity index (χ3v) is 3.18. The number of benzene rings is 1. The summed E-state index contributed by atoms with van der Waals surface area (Å²) in [4.78, 5) is 15.9. The van der Waals surface area contributed by atoms with E-state index in [1.165, 1.54) is 6.20 Å². The first kappa shape index (κ1) is 15.1. The minimum atomic E-state index is -0.118. The molecule has 0 saturated carbocycles. The van der Waals surface area contributed by atoms with Gasteiger partial charge in [0.2, 0.25) is 5.91 Å². The van der Waals surface area contributed by atoms with Crippen molar-refractivity contribution in [2.75, 3.05) is 18.4 Å². The summed E-state index contributed by atoms with van der Waals surface area (Å²) in [6.45, 7) is 2.72. The third kappa shape index (κ3) is 3.61. The Bertz CT molecular complexity index is 709. The molecule has 0 fully saturated rings. The maximum absolute atomic E-state index is 11.7. The molecule has 1 amide bonds. The van der Waals surface area contributed by atoms with E-state index in [1.54, 1.807) is 18.2 Å². The monoisotopic (exact) mass is 302 g/mol. The van der Waals surface area contributed by atoms with Crippen molar-refractivity contribution in [1.82, 2.24) is 10.3 Å². The highest BCUT2D eigenvalue weighted by molar-refractivity contribution is 6.31. The van der Waals surface area contributed by atoms with Crippen molar-refractivity contribution in [3.8, 4) is 6.07 Å². The van der Waals surface area contributed by atoms with Gasteiger partial charge in [0.15, 0.2) is 0 Å². The molecule has 1 heterocycles. The molecule has 0 unspecified atom stereocenters. The van der Waals surface area contributed by atoms with Gasteiger partial charge in [-0.3, -0.25) is 9.78 Å². The van der Waals surface area contributed by atoms with Crippen molar-refractivity contribution in [3.05, 3.63) is 35.0 Å². The molecule has 0 aliphatic carbocycles. The number of hydrogen-bond donors (Lipinski definition) is 2. The van der Waals surface area contributed by atoms with Crippen molar-refractivity contribution >= 4 is 34.1 Å². The number of hydrogen-bond acceptors (Lipinski definition) is 4. The highest BCUT2D eigenvalue weighted by Crippen LogP contribution is 2.27. The van der Waals surface area contributed by atoms with Crippen LogP contribution in [0.15, 0.2) is 24.4 Å². The number of aromatic nitrogens is 1. The number of carbonyl (C=O) groups excluding carboxylic acids is 1. The van der Waals surface area contributed by atoms with E-state index in [2.05, 4.69) is 21.7 Å². The maximum atomic E-state index is 11.7. The molecule has 108 valence electrons. The number of nitriles is 1. The van der Waals surface area contributed by atoms with Crippen LogP contribution < -0.4 is 10.6 Å². The third-order valence-electron chi connectivity index (χ3n) is 2.95. The Hall–Kier alpha value is -2.32. The number of carbonyl (C=O) groups is 1. The lowest BCUT2D eigenvalue weighted by Crippen LogP contribution is -2.30. The van der Waals surface area contributed by atoms with Crippen molar-refractivity contribution in [1.29, 1.82) is 5.26 Å². The lowest BCUT2D eigenvalue weighted by molar-refractivity contribution is -0.119. The summed E-state index contributed by atoms with van der Waals surface area (Å²) < 4.78 is 0. The average molecular weight is 303 g/mol. The van der Waals surface area contributed by atoms with E-state index in [-0.39, 0.29) is 12.5 Å². The maximum Gasteiger partial charge on any atom is 0.239 e. The predicted molar refractivity (Wildman–Crippen MR) is 83.3 cm³/mol. The van der Waals surface area contributed by atoms with Gasteiger partial charge in [0.1, 0.15) is 6.07 Å². The van der Waals surface area contributed by atoms with Gasteiger partial charge in [0.05, 0.1) is 23.3 Å². The normalized spacial score (nSPS) is 10.1. The van der Waals surface area contributed by atoms with Crippen LogP contribution in [0.25, 0.3) is 10.9 Å². The van der Waals surface area contributed by atoms with Crippen LogP contribution in [0.5, 0.6) is 0 Å². The Morgan fingerprint density at radius 2 is 2.29 bits per heavy atom. The molecule has 1 aromatic carbocycles. The fourth-order valence-electron chi connectivity index (χ4n) is 1.94. The van der Waals surface area contributed by atoms with Gasteiger partial charge >= 0.3 is 0 Å². The number of halogens is 1. The van der Waals surface area contributed by atoms with Crippen LogP contribution in [0.4, 0.5) is 5.69 Å². The SMILES string of the molecule is CCCNC(=O)CNc1c(C#N)cnc2ccc(Cl)cc12. The predicted octanol–water partition coefficient (Wildman–Crippen LogP) is 2.70. The van der Waals surface area contributed by atoms with Crippen LogP contribution in [-0.2, 0) is 4.79 Å². The van der Waals surface area contributed by atoms with E-state index in [4.69, 9.17) is 11.6 Å². The minimum absolute atomic E-state index is 0.0975. The molecule has 2 N–H and O–H groups in total. The summed E-state index contributed by atoms with van der Waals surface area (Å²) in [5, 5.41) is 16.3. The summed E-state index contributed by atoms with van der Waals surface area (Å²) in [6.07, 6.45) is 2.37. The van der Waals surface area contributed by atoms with Crippen LogP contribution in [0, 0.1) is 11.3 Å². The van der Waals surface area contributed by atoms with Crippen molar-refractivity contribution in [2.24, 2.45) is 0 Å². The summed E-state index contributed by atoms with van der Waals surface area (Å²) in [6, 6.07) is 7.32. The van der Waals surface area contributed by atoms with Crippen LogP contribution in [-0.4, -0.2) is 24.0 Å². The molecule has 21 heavy (non-hydrogen) atoms. The van der Waals surface area contributed by atoms with Gasteiger partial charge in [0, 0.05) is 23.2 Å². The number of pyridine rings is 1. The van der Waals surface area contributed by atoms with Crippen LogP contribution in [0.2, 0.25) is 5.02 Å². The van der Waals surface area contributed by atoms with E-state index < -0.39 is 0 Å². The quantitative estimate of drug-likeness (QED) is 0.890. The van der Waals surface area contributed by atoms with E-state index in [0.29, 0.717) is 22.8 Å². The number of fused-ring (bicyclic) bond motifs is 1. The zero-order valence-corrected chi connectivity index (χ0v) is 12.4. The molecule has 0 atom stereocenters. The molecule has 0 saturated heterocycles. The molecule has 6 heteroatoms. The van der Waals surface area contributed by atoms with E-state index in [1.807, 2.05) is 6.92 Å². The first-order valence-electron chi connectivity index (χ1n) is 6.64. The summed E-state index contributed by atoms with van der Waals surface area (Å²) in [5.41, 5.74) is 1.68. The molecule has 5 nitrogen and oxygen atoms in total. The number of nitrogens with zero attached hydrogens (tertiary/aromatic N) is 2. The Morgan fingerprint density at radius 3 is 3.00 bits per heavy atom. The molecule has 1 aromatic heterocycles. The molecule has 2 aromatic rings. The topological polar surface area (TPSA) is 77.8 Å². The fourth-order valence-corrected chi connectivity index (χ4v) is 2.11. The Balaban J connectivity index is 2.30. The molecule has 0 aliphatic rings. The van der Waals surface area contributed by atoms with Crippen molar-refractivity contribution in [2.45, 2.75) is 13.3 Å². The second kappa shape index (κ2) is 6.91. The second-order valence-electron chi connectivity index (χ2n) is 4.52. The number of rotatable bonds is 5.